The van der Waals surface area contributed by atoms with Gasteiger partial charge in [-0.2, -0.15) is 0 Å². The molecule has 1 amide bonds. The van der Waals surface area contributed by atoms with Crippen molar-refractivity contribution >= 4 is 17.8 Å². The van der Waals surface area contributed by atoms with Crippen molar-refractivity contribution in [2.45, 2.75) is 51.7 Å². The van der Waals surface area contributed by atoms with Crippen LogP contribution in [0, 0.1) is 0 Å². The summed E-state index contributed by atoms with van der Waals surface area (Å²) in [6.45, 7) is 3.70. The molecule has 1 saturated heterocycles. The van der Waals surface area contributed by atoms with Crippen molar-refractivity contribution in [2.24, 2.45) is 0 Å². The molecule has 0 aromatic carbocycles. The predicted molar refractivity (Wildman–Crippen MR) is 65.3 cm³/mol. The van der Waals surface area contributed by atoms with Gasteiger partial charge < -0.3 is 24.6 Å². The summed E-state index contributed by atoms with van der Waals surface area (Å²) in [6, 6.07) is -0.857. The second-order valence-electron chi connectivity index (χ2n) is 4.56. The number of nitrogens with one attached hydrogen (secondary N) is 1. The van der Waals surface area contributed by atoms with E-state index >= 15 is 0 Å². The van der Waals surface area contributed by atoms with Crippen LogP contribution in [-0.2, 0) is 28.6 Å². The molecule has 8 nitrogen and oxygen atoms in total. The highest BCUT2D eigenvalue weighted by Gasteiger charge is 2.40. The third kappa shape index (κ3) is 5.14. The second kappa shape index (κ2) is 7.20. The van der Waals surface area contributed by atoms with E-state index in [1.165, 1.54) is 20.8 Å². The zero-order valence-electron chi connectivity index (χ0n) is 11.6. The quantitative estimate of drug-likeness (QED) is 0.645. The van der Waals surface area contributed by atoms with E-state index < -0.39 is 36.5 Å². The summed E-state index contributed by atoms with van der Waals surface area (Å²) in [5.74, 6) is -1.39. The Morgan fingerprint density at radius 2 is 1.90 bits per heavy atom. The molecule has 1 aliphatic rings. The number of hydrogen-bond acceptors (Lipinski definition) is 7. The van der Waals surface area contributed by atoms with Crippen LogP contribution >= 0.6 is 0 Å². The molecule has 0 saturated carbocycles. The van der Waals surface area contributed by atoms with Crippen molar-refractivity contribution in [1.29, 1.82) is 0 Å². The number of aliphatic hydroxyl groups is 1. The lowest BCUT2D eigenvalue weighted by Crippen LogP contribution is -2.58. The zero-order chi connectivity index (χ0) is 15.3. The second-order valence-corrected chi connectivity index (χ2v) is 4.56. The third-order valence-corrected chi connectivity index (χ3v) is 2.69. The van der Waals surface area contributed by atoms with E-state index in [1.54, 1.807) is 0 Å². The maximum absolute atomic E-state index is 11.1. The number of rotatable bonds is 4. The zero-order valence-corrected chi connectivity index (χ0v) is 11.6. The molecule has 1 heterocycles. The molecule has 0 unspecified atom stereocenters. The van der Waals surface area contributed by atoms with Crippen LogP contribution in [0.15, 0.2) is 0 Å². The molecule has 2 N–H and O–H groups in total. The van der Waals surface area contributed by atoms with E-state index in [-0.39, 0.29) is 18.9 Å². The highest BCUT2D eigenvalue weighted by Crippen LogP contribution is 2.22. The Morgan fingerprint density at radius 3 is 2.40 bits per heavy atom. The molecule has 0 aromatic rings. The number of aliphatic hydroxyl groups excluding tert-OH is 1. The highest BCUT2D eigenvalue weighted by atomic mass is 16.6. The molecular weight excluding hydrogens is 270 g/mol. The van der Waals surface area contributed by atoms with Crippen molar-refractivity contribution < 1.29 is 33.7 Å². The van der Waals surface area contributed by atoms with Crippen molar-refractivity contribution in [2.75, 3.05) is 6.61 Å². The lowest BCUT2D eigenvalue weighted by Gasteiger charge is -2.38. The Morgan fingerprint density at radius 1 is 1.25 bits per heavy atom. The predicted octanol–water partition coefficient (Wildman–Crippen LogP) is -0.907. The normalized spacial score (nSPS) is 29.4. The molecule has 0 aliphatic carbocycles. The number of esters is 2. The van der Waals surface area contributed by atoms with Gasteiger partial charge in [0.25, 0.3) is 0 Å². The molecule has 1 aliphatic heterocycles. The fourth-order valence-corrected chi connectivity index (χ4v) is 1.98. The summed E-state index contributed by atoms with van der Waals surface area (Å²) >= 11 is 0. The monoisotopic (exact) mass is 289 g/mol. The van der Waals surface area contributed by atoms with Gasteiger partial charge in [-0.05, 0) is 0 Å². The Kier molecular flexibility index (Phi) is 5.90. The number of amides is 1. The van der Waals surface area contributed by atoms with Gasteiger partial charge in [0, 0.05) is 27.2 Å². The molecule has 114 valence electrons. The minimum atomic E-state index is -1.35. The first-order chi connectivity index (χ1) is 9.29. The van der Waals surface area contributed by atoms with Gasteiger partial charge in [-0.15, -0.1) is 0 Å². The third-order valence-electron chi connectivity index (χ3n) is 2.69. The van der Waals surface area contributed by atoms with Gasteiger partial charge in [-0.25, -0.2) is 0 Å². The summed E-state index contributed by atoms with van der Waals surface area (Å²) in [7, 11) is 0. The van der Waals surface area contributed by atoms with Crippen LogP contribution in [0.5, 0.6) is 0 Å². The van der Waals surface area contributed by atoms with E-state index in [9.17, 15) is 19.5 Å². The van der Waals surface area contributed by atoms with Crippen molar-refractivity contribution in [1.82, 2.24) is 5.32 Å². The molecule has 1 fully saturated rings. The van der Waals surface area contributed by atoms with Crippen molar-refractivity contribution in [3.63, 3.8) is 0 Å². The van der Waals surface area contributed by atoms with Crippen molar-refractivity contribution in [3.8, 4) is 0 Å². The molecule has 0 bridgehead atoms. The SMILES string of the molecule is CC(=O)N[C@@H]1[C@@H](OC(C)=O)C[C@@H](COC(C)=O)O[C@@H]1O. The van der Waals surface area contributed by atoms with Gasteiger partial charge in [-0.1, -0.05) is 0 Å². The first-order valence-corrected chi connectivity index (χ1v) is 6.20. The number of carbonyl (C=O) groups excluding carboxylic acids is 3. The molecule has 0 spiro atoms. The maximum atomic E-state index is 11.1. The van der Waals surface area contributed by atoms with Crippen LogP contribution in [0.1, 0.15) is 27.2 Å². The smallest absolute Gasteiger partial charge is 0.302 e. The summed E-state index contributed by atoms with van der Waals surface area (Å²) in [5.41, 5.74) is 0. The lowest BCUT2D eigenvalue weighted by atomic mass is 10.00. The fraction of sp³-hybridized carbons (Fsp3) is 0.750. The minimum absolute atomic E-state index is 0.0586. The molecule has 1 rings (SSSR count). The van der Waals surface area contributed by atoms with Crippen LogP contribution in [0.2, 0.25) is 0 Å². The molecule has 0 radical (unpaired) electrons. The first-order valence-electron chi connectivity index (χ1n) is 6.20. The standard InChI is InChI=1S/C12H19NO7/c1-6(14)13-11-10(19-8(3)16)4-9(20-12(11)17)5-18-7(2)15/h9-12,17H,4-5H2,1-3H3,(H,13,14)/t9-,10-,11+,12-/m0/s1. The number of hydrogen-bond donors (Lipinski definition) is 2. The molecule has 20 heavy (non-hydrogen) atoms. The van der Waals surface area contributed by atoms with E-state index in [0.717, 1.165) is 0 Å². The molecule has 8 heteroatoms. The minimum Gasteiger partial charge on any atom is -0.463 e. The Labute approximate surface area is 116 Å². The van der Waals surface area contributed by atoms with Gasteiger partial charge >= 0.3 is 11.9 Å². The summed E-state index contributed by atoms with van der Waals surface area (Å²) < 4.78 is 15.1. The van der Waals surface area contributed by atoms with E-state index in [0.29, 0.717) is 0 Å². The lowest BCUT2D eigenvalue weighted by molar-refractivity contribution is -0.224. The van der Waals surface area contributed by atoms with Crippen LogP contribution < -0.4 is 5.32 Å². The highest BCUT2D eigenvalue weighted by molar-refractivity contribution is 5.73. The van der Waals surface area contributed by atoms with Crippen LogP contribution in [0.25, 0.3) is 0 Å². The van der Waals surface area contributed by atoms with Gasteiger partial charge in [0.1, 0.15) is 18.8 Å². The van der Waals surface area contributed by atoms with Gasteiger partial charge in [0.05, 0.1) is 6.10 Å². The summed E-state index contributed by atoms with van der Waals surface area (Å²) in [4.78, 5) is 32.9. The average Bonchev–Trinajstić information content (AvgIpc) is 2.29. The topological polar surface area (TPSA) is 111 Å². The van der Waals surface area contributed by atoms with Crippen LogP contribution in [0.4, 0.5) is 0 Å². The Bertz CT molecular complexity index is 384. The van der Waals surface area contributed by atoms with Crippen LogP contribution in [0.3, 0.4) is 0 Å². The van der Waals surface area contributed by atoms with Crippen molar-refractivity contribution in [3.05, 3.63) is 0 Å². The van der Waals surface area contributed by atoms with Gasteiger partial charge in [0.2, 0.25) is 5.91 Å². The summed E-state index contributed by atoms with van der Waals surface area (Å²) in [5, 5.41) is 12.3. The molecule has 0 aromatic heterocycles. The first kappa shape index (κ1) is 16.4. The van der Waals surface area contributed by atoms with E-state index in [2.05, 4.69) is 5.32 Å². The summed E-state index contributed by atoms with van der Waals surface area (Å²) in [6.07, 6.45) is -2.50. The number of ether oxygens (including phenoxy) is 3. The Hall–Kier alpha value is -1.67. The van der Waals surface area contributed by atoms with E-state index in [4.69, 9.17) is 14.2 Å². The maximum Gasteiger partial charge on any atom is 0.302 e. The average molecular weight is 289 g/mol. The van der Waals surface area contributed by atoms with Gasteiger partial charge in [-0.3, -0.25) is 14.4 Å². The molecule has 4 atom stereocenters. The number of carbonyl (C=O) groups is 3. The fourth-order valence-electron chi connectivity index (χ4n) is 1.98. The van der Waals surface area contributed by atoms with Crippen LogP contribution in [-0.4, -0.2) is 54.1 Å². The Balaban J connectivity index is 2.71. The van der Waals surface area contributed by atoms with E-state index in [1.807, 2.05) is 0 Å². The molecular formula is C12H19NO7. The largest absolute Gasteiger partial charge is 0.463 e. The van der Waals surface area contributed by atoms with Gasteiger partial charge in [0.15, 0.2) is 6.29 Å².